The second-order valence-corrected chi connectivity index (χ2v) is 5.74. The highest BCUT2D eigenvalue weighted by Crippen LogP contribution is 2.29. The average Bonchev–Trinajstić information content (AvgIpc) is 2.59. The molecule has 0 aliphatic carbocycles. The van der Waals surface area contributed by atoms with Crippen LogP contribution in [0.3, 0.4) is 0 Å². The first-order valence-corrected chi connectivity index (χ1v) is 7.46. The number of hydrogen-bond acceptors (Lipinski definition) is 11. The van der Waals surface area contributed by atoms with Crippen LogP contribution in [0.25, 0.3) is 0 Å². The Kier molecular flexibility index (Phi) is 6.87. The Bertz CT molecular complexity index is 392. The van der Waals surface area contributed by atoms with Crippen molar-refractivity contribution in [3.8, 4) is 0 Å². The summed E-state index contributed by atoms with van der Waals surface area (Å²) in [7, 11) is 1.24. The van der Waals surface area contributed by atoms with Crippen molar-refractivity contribution in [2.75, 3.05) is 20.3 Å². The van der Waals surface area contributed by atoms with E-state index < -0.39 is 74.6 Å². The van der Waals surface area contributed by atoms with E-state index in [1.54, 1.807) is 0 Å². The van der Waals surface area contributed by atoms with Crippen molar-refractivity contribution >= 4 is 0 Å². The van der Waals surface area contributed by atoms with Crippen LogP contribution >= 0.6 is 0 Å². The van der Waals surface area contributed by atoms with Crippen molar-refractivity contribution in [1.82, 2.24) is 0 Å². The predicted molar refractivity (Wildman–Crippen MR) is 73.4 cm³/mol. The van der Waals surface area contributed by atoms with Crippen LogP contribution in [0, 0.1) is 0 Å². The molecule has 2 rings (SSSR count). The minimum atomic E-state index is -1.69. The molecular formula is C13H24O11. The number of hydrogen-bond donors (Lipinski definition) is 7. The van der Waals surface area contributed by atoms with Gasteiger partial charge in [-0.05, 0) is 0 Å². The van der Waals surface area contributed by atoms with Gasteiger partial charge in [-0.3, -0.25) is 0 Å². The SMILES string of the molecule is CO[C@@H]1OC(CO)[C@H](O[C@@H]2OC(CO)[C@H](O)[C@H](O)C2O)[C@H](O)C1O. The molecule has 4 unspecified atom stereocenters. The maximum absolute atomic E-state index is 10.2. The topological polar surface area (TPSA) is 179 Å². The van der Waals surface area contributed by atoms with E-state index in [9.17, 15) is 30.6 Å². The Morgan fingerprint density at radius 1 is 0.708 bits per heavy atom. The molecule has 2 fully saturated rings. The van der Waals surface area contributed by atoms with Crippen LogP contribution in [0.5, 0.6) is 0 Å². The van der Waals surface area contributed by atoms with Crippen LogP contribution in [0.1, 0.15) is 0 Å². The summed E-state index contributed by atoms with van der Waals surface area (Å²) in [5.74, 6) is 0. The zero-order chi connectivity index (χ0) is 18.0. The van der Waals surface area contributed by atoms with Gasteiger partial charge in [-0.25, -0.2) is 0 Å². The second kappa shape index (κ2) is 8.29. The first-order chi connectivity index (χ1) is 11.3. The number of rotatable bonds is 5. The van der Waals surface area contributed by atoms with Crippen molar-refractivity contribution in [1.29, 1.82) is 0 Å². The minimum Gasteiger partial charge on any atom is -0.394 e. The van der Waals surface area contributed by atoms with Gasteiger partial charge in [0.05, 0.1) is 13.2 Å². The predicted octanol–water partition coefficient (Wildman–Crippen LogP) is -4.74. The molecule has 0 radical (unpaired) electrons. The van der Waals surface area contributed by atoms with Gasteiger partial charge in [0.15, 0.2) is 12.6 Å². The van der Waals surface area contributed by atoms with Crippen molar-refractivity contribution in [3.05, 3.63) is 0 Å². The van der Waals surface area contributed by atoms with Gasteiger partial charge >= 0.3 is 0 Å². The van der Waals surface area contributed by atoms with Gasteiger partial charge in [0.1, 0.15) is 48.8 Å². The van der Waals surface area contributed by atoms with Crippen LogP contribution in [-0.2, 0) is 18.9 Å². The van der Waals surface area contributed by atoms with Gasteiger partial charge < -0.3 is 54.7 Å². The van der Waals surface area contributed by atoms with E-state index in [0.29, 0.717) is 0 Å². The molecule has 0 aromatic rings. The van der Waals surface area contributed by atoms with Gasteiger partial charge in [-0.1, -0.05) is 0 Å². The highest BCUT2D eigenvalue weighted by atomic mass is 16.7. The molecule has 11 nitrogen and oxygen atoms in total. The van der Waals surface area contributed by atoms with E-state index in [1.807, 2.05) is 0 Å². The first-order valence-electron chi connectivity index (χ1n) is 7.46. The van der Waals surface area contributed by atoms with E-state index >= 15 is 0 Å². The normalized spacial score (nSPS) is 50.0. The lowest BCUT2D eigenvalue weighted by Gasteiger charge is -2.45. The zero-order valence-corrected chi connectivity index (χ0v) is 13.0. The molecule has 2 aliphatic rings. The lowest BCUT2D eigenvalue weighted by Crippen LogP contribution is -2.64. The van der Waals surface area contributed by atoms with E-state index in [1.165, 1.54) is 7.11 Å². The van der Waals surface area contributed by atoms with Crippen molar-refractivity contribution in [2.45, 2.75) is 61.4 Å². The fourth-order valence-corrected chi connectivity index (χ4v) is 2.75. The van der Waals surface area contributed by atoms with Crippen LogP contribution < -0.4 is 0 Å². The van der Waals surface area contributed by atoms with E-state index in [0.717, 1.165) is 0 Å². The molecule has 0 bridgehead atoms. The molecule has 0 saturated carbocycles. The molecular weight excluding hydrogens is 332 g/mol. The number of ether oxygens (including phenoxy) is 4. The van der Waals surface area contributed by atoms with Gasteiger partial charge in [0, 0.05) is 7.11 Å². The molecule has 7 N–H and O–H groups in total. The Hall–Kier alpha value is -0.440. The van der Waals surface area contributed by atoms with Crippen LogP contribution in [-0.4, -0.2) is 117 Å². The number of methoxy groups -OCH3 is 1. The standard InChI is InChI=1S/C13H24O11/c1-21-12-10(20)8(18)11(5(3-15)23-12)24-13-9(19)7(17)6(16)4(2-14)22-13/h4-20H,2-3H2,1H3/t4?,5?,6-,7-,8+,9?,10?,11-,12+,13-/m0/s1. The van der Waals surface area contributed by atoms with Gasteiger partial charge in [-0.2, -0.15) is 0 Å². The first kappa shape index (κ1) is 19.9. The quantitative estimate of drug-likeness (QED) is 0.251. The van der Waals surface area contributed by atoms with Crippen molar-refractivity contribution < 1.29 is 54.7 Å². The maximum atomic E-state index is 10.2. The molecule has 2 aliphatic heterocycles. The second-order valence-electron chi connectivity index (χ2n) is 5.74. The van der Waals surface area contributed by atoms with Gasteiger partial charge in [0.25, 0.3) is 0 Å². The molecule has 0 amide bonds. The molecule has 2 heterocycles. The summed E-state index contributed by atoms with van der Waals surface area (Å²) < 4.78 is 20.6. The summed E-state index contributed by atoms with van der Waals surface area (Å²) in [5, 5.41) is 68.0. The molecule has 0 aromatic carbocycles. The fraction of sp³-hybridized carbons (Fsp3) is 1.00. The summed E-state index contributed by atoms with van der Waals surface area (Å²) >= 11 is 0. The molecule has 2 saturated heterocycles. The summed E-state index contributed by atoms with van der Waals surface area (Å²) in [4.78, 5) is 0. The third-order valence-corrected chi connectivity index (χ3v) is 4.19. The lowest BCUT2D eigenvalue weighted by atomic mass is 9.97. The third kappa shape index (κ3) is 3.71. The van der Waals surface area contributed by atoms with Crippen LogP contribution in [0.4, 0.5) is 0 Å². The Balaban J connectivity index is 2.12. The molecule has 24 heavy (non-hydrogen) atoms. The number of aliphatic hydroxyl groups is 7. The minimum absolute atomic E-state index is 0.592. The van der Waals surface area contributed by atoms with Crippen molar-refractivity contribution in [2.24, 2.45) is 0 Å². The van der Waals surface area contributed by atoms with E-state index in [4.69, 9.17) is 24.1 Å². The molecule has 142 valence electrons. The fourth-order valence-electron chi connectivity index (χ4n) is 2.75. The average molecular weight is 356 g/mol. The smallest absolute Gasteiger partial charge is 0.187 e. The maximum Gasteiger partial charge on any atom is 0.187 e. The molecule has 10 atom stereocenters. The monoisotopic (exact) mass is 356 g/mol. The van der Waals surface area contributed by atoms with E-state index in [-0.39, 0.29) is 0 Å². The third-order valence-electron chi connectivity index (χ3n) is 4.19. The summed E-state index contributed by atoms with van der Waals surface area (Å²) in [5.41, 5.74) is 0. The zero-order valence-electron chi connectivity index (χ0n) is 13.0. The van der Waals surface area contributed by atoms with Crippen LogP contribution in [0.15, 0.2) is 0 Å². The summed E-state index contributed by atoms with van der Waals surface area (Å²) in [6.07, 6.45) is -14.3. The highest BCUT2D eigenvalue weighted by molar-refractivity contribution is 4.93. The summed E-state index contributed by atoms with van der Waals surface area (Å²) in [6, 6.07) is 0. The van der Waals surface area contributed by atoms with Crippen molar-refractivity contribution in [3.63, 3.8) is 0 Å². The molecule has 0 spiro atoms. The van der Waals surface area contributed by atoms with Gasteiger partial charge in [0.2, 0.25) is 0 Å². The Morgan fingerprint density at radius 2 is 1.25 bits per heavy atom. The van der Waals surface area contributed by atoms with Gasteiger partial charge in [-0.15, -0.1) is 0 Å². The highest BCUT2D eigenvalue weighted by Gasteiger charge is 2.50. The summed E-state index contributed by atoms with van der Waals surface area (Å²) in [6.45, 7) is -1.24. The molecule has 0 aromatic heterocycles. The Labute approximate surface area is 137 Å². The van der Waals surface area contributed by atoms with Crippen LogP contribution in [0.2, 0.25) is 0 Å². The Morgan fingerprint density at radius 3 is 1.79 bits per heavy atom. The number of aliphatic hydroxyl groups excluding tert-OH is 7. The largest absolute Gasteiger partial charge is 0.394 e. The molecule has 11 heteroatoms. The lowest BCUT2D eigenvalue weighted by molar-refractivity contribution is -0.357. The van der Waals surface area contributed by atoms with E-state index in [2.05, 4.69) is 0 Å².